The summed E-state index contributed by atoms with van der Waals surface area (Å²) in [6, 6.07) is 0.149. The monoisotopic (exact) mass is 293 g/mol. The molecule has 1 unspecified atom stereocenters. The molecule has 0 spiro atoms. The standard InChI is InChI=1S/C17H31N3O/c1-19(2)11-8-15-9-12-20(13-10-15)17(21)18-14-16-6-4-3-5-7-16/h3-4,15-16H,5-14H2,1-2H3,(H,18,21). The second kappa shape index (κ2) is 8.42. The van der Waals surface area contributed by atoms with Crippen LogP contribution < -0.4 is 5.32 Å². The number of carbonyl (C=O) groups is 1. The Hall–Kier alpha value is -1.03. The maximum Gasteiger partial charge on any atom is 0.317 e. The lowest BCUT2D eigenvalue weighted by Crippen LogP contribution is -2.46. The number of hydrogen-bond donors (Lipinski definition) is 1. The van der Waals surface area contributed by atoms with Gasteiger partial charge in [-0.2, -0.15) is 0 Å². The third-order valence-corrected chi connectivity index (χ3v) is 4.81. The number of nitrogens with one attached hydrogen (secondary N) is 1. The largest absolute Gasteiger partial charge is 0.338 e. The fourth-order valence-electron chi connectivity index (χ4n) is 3.25. The smallest absolute Gasteiger partial charge is 0.317 e. The highest BCUT2D eigenvalue weighted by atomic mass is 16.2. The van der Waals surface area contributed by atoms with E-state index in [1.807, 2.05) is 4.90 Å². The molecular weight excluding hydrogens is 262 g/mol. The van der Waals surface area contributed by atoms with Crippen LogP contribution >= 0.6 is 0 Å². The Morgan fingerprint density at radius 2 is 1.95 bits per heavy atom. The number of nitrogens with zero attached hydrogens (tertiary/aromatic N) is 2. The van der Waals surface area contributed by atoms with Gasteiger partial charge >= 0.3 is 6.03 Å². The maximum absolute atomic E-state index is 12.2. The molecule has 1 aliphatic heterocycles. The van der Waals surface area contributed by atoms with E-state index in [9.17, 15) is 4.79 Å². The summed E-state index contributed by atoms with van der Waals surface area (Å²) in [6.07, 6.45) is 11.6. The SMILES string of the molecule is CN(C)CCC1CCN(C(=O)NCC2CC=CCC2)CC1. The first-order chi connectivity index (χ1) is 10.1. The number of urea groups is 1. The van der Waals surface area contributed by atoms with E-state index >= 15 is 0 Å². The van der Waals surface area contributed by atoms with Crippen LogP contribution in [0.25, 0.3) is 0 Å². The first-order valence-electron chi connectivity index (χ1n) is 8.47. The van der Waals surface area contributed by atoms with E-state index < -0.39 is 0 Å². The molecule has 1 heterocycles. The topological polar surface area (TPSA) is 35.6 Å². The summed E-state index contributed by atoms with van der Waals surface area (Å²) in [5.74, 6) is 1.43. The van der Waals surface area contributed by atoms with Crippen molar-refractivity contribution < 1.29 is 4.79 Å². The minimum atomic E-state index is 0.149. The number of carbonyl (C=O) groups excluding carboxylic acids is 1. The number of allylic oxidation sites excluding steroid dienone is 2. The Bertz CT molecular complexity index is 346. The van der Waals surface area contributed by atoms with E-state index in [-0.39, 0.29) is 6.03 Å². The molecule has 0 aromatic carbocycles. The number of amides is 2. The van der Waals surface area contributed by atoms with Crippen LogP contribution in [-0.2, 0) is 0 Å². The molecule has 0 saturated carbocycles. The van der Waals surface area contributed by atoms with Crippen molar-refractivity contribution in [1.29, 1.82) is 0 Å². The van der Waals surface area contributed by atoms with Crippen LogP contribution in [0, 0.1) is 11.8 Å². The molecular formula is C17H31N3O. The van der Waals surface area contributed by atoms with Crippen LogP contribution in [0.5, 0.6) is 0 Å². The van der Waals surface area contributed by atoms with Crippen LogP contribution in [0.4, 0.5) is 4.79 Å². The summed E-state index contributed by atoms with van der Waals surface area (Å²) in [7, 11) is 4.26. The molecule has 1 saturated heterocycles. The van der Waals surface area contributed by atoms with Gasteiger partial charge in [0.2, 0.25) is 0 Å². The van der Waals surface area contributed by atoms with E-state index in [2.05, 4.69) is 36.5 Å². The van der Waals surface area contributed by atoms with Crippen LogP contribution in [-0.4, -0.2) is 56.1 Å². The van der Waals surface area contributed by atoms with Gasteiger partial charge in [0.15, 0.2) is 0 Å². The molecule has 1 N–H and O–H groups in total. The first-order valence-corrected chi connectivity index (χ1v) is 8.47. The van der Waals surface area contributed by atoms with Gasteiger partial charge in [0.25, 0.3) is 0 Å². The molecule has 0 aromatic heterocycles. The number of piperidine rings is 1. The van der Waals surface area contributed by atoms with E-state index in [4.69, 9.17) is 0 Å². The molecule has 21 heavy (non-hydrogen) atoms. The molecule has 4 nitrogen and oxygen atoms in total. The van der Waals surface area contributed by atoms with Crippen LogP contribution in [0.3, 0.4) is 0 Å². The Morgan fingerprint density at radius 1 is 1.19 bits per heavy atom. The Balaban J connectivity index is 1.62. The lowest BCUT2D eigenvalue weighted by Gasteiger charge is -2.33. The van der Waals surface area contributed by atoms with Crippen molar-refractivity contribution in [3.05, 3.63) is 12.2 Å². The summed E-state index contributed by atoms with van der Waals surface area (Å²) >= 11 is 0. The molecule has 0 aromatic rings. The van der Waals surface area contributed by atoms with Crippen molar-refractivity contribution in [3.63, 3.8) is 0 Å². The average Bonchev–Trinajstić information content (AvgIpc) is 2.52. The number of hydrogen-bond acceptors (Lipinski definition) is 2. The fraction of sp³-hybridized carbons (Fsp3) is 0.824. The Kier molecular flexibility index (Phi) is 6.55. The lowest BCUT2D eigenvalue weighted by molar-refractivity contribution is 0.163. The highest BCUT2D eigenvalue weighted by Gasteiger charge is 2.23. The van der Waals surface area contributed by atoms with Gasteiger partial charge in [-0.25, -0.2) is 4.79 Å². The van der Waals surface area contributed by atoms with Crippen molar-refractivity contribution in [2.45, 2.75) is 38.5 Å². The third kappa shape index (κ3) is 5.70. The number of rotatable bonds is 5. The van der Waals surface area contributed by atoms with Crippen LogP contribution in [0.1, 0.15) is 38.5 Å². The zero-order valence-corrected chi connectivity index (χ0v) is 13.7. The van der Waals surface area contributed by atoms with Crippen LogP contribution in [0.2, 0.25) is 0 Å². The number of likely N-dealkylation sites (tertiary alicyclic amines) is 1. The molecule has 2 amide bonds. The van der Waals surface area contributed by atoms with Crippen molar-refractivity contribution >= 4 is 6.03 Å². The zero-order valence-electron chi connectivity index (χ0n) is 13.7. The molecule has 1 fully saturated rings. The van der Waals surface area contributed by atoms with Gasteiger partial charge < -0.3 is 15.1 Å². The molecule has 2 rings (SSSR count). The quantitative estimate of drug-likeness (QED) is 0.791. The minimum Gasteiger partial charge on any atom is -0.338 e. The van der Waals surface area contributed by atoms with Gasteiger partial charge in [-0.15, -0.1) is 0 Å². The average molecular weight is 293 g/mol. The van der Waals surface area contributed by atoms with Gasteiger partial charge in [-0.05, 0) is 71.0 Å². The van der Waals surface area contributed by atoms with Gasteiger partial charge in [-0.3, -0.25) is 0 Å². The normalized spacial score (nSPS) is 23.6. The molecule has 120 valence electrons. The molecule has 0 radical (unpaired) electrons. The van der Waals surface area contributed by atoms with Gasteiger partial charge in [0, 0.05) is 19.6 Å². The maximum atomic E-state index is 12.2. The molecule has 1 aliphatic carbocycles. The fourth-order valence-corrected chi connectivity index (χ4v) is 3.25. The molecule has 4 heteroatoms. The minimum absolute atomic E-state index is 0.149. The van der Waals surface area contributed by atoms with Crippen molar-refractivity contribution in [2.24, 2.45) is 11.8 Å². The first kappa shape index (κ1) is 16.3. The van der Waals surface area contributed by atoms with Crippen LogP contribution in [0.15, 0.2) is 12.2 Å². The van der Waals surface area contributed by atoms with Gasteiger partial charge in [0.1, 0.15) is 0 Å². The molecule has 2 aliphatic rings. The third-order valence-electron chi connectivity index (χ3n) is 4.81. The van der Waals surface area contributed by atoms with Gasteiger partial charge in [-0.1, -0.05) is 12.2 Å². The summed E-state index contributed by atoms with van der Waals surface area (Å²) in [6.45, 7) is 3.85. The second-order valence-electron chi connectivity index (χ2n) is 6.86. The summed E-state index contributed by atoms with van der Waals surface area (Å²) < 4.78 is 0. The Morgan fingerprint density at radius 3 is 2.57 bits per heavy atom. The predicted molar refractivity (Wildman–Crippen MR) is 87.3 cm³/mol. The summed E-state index contributed by atoms with van der Waals surface area (Å²) in [4.78, 5) is 16.5. The highest BCUT2D eigenvalue weighted by molar-refractivity contribution is 5.74. The summed E-state index contributed by atoms with van der Waals surface area (Å²) in [5, 5.41) is 3.13. The Labute approximate surface area is 129 Å². The van der Waals surface area contributed by atoms with Crippen molar-refractivity contribution in [3.8, 4) is 0 Å². The zero-order chi connectivity index (χ0) is 15.1. The van der Waals surface area contributed by atoms with E-state index in [1.54, 1.807) is 0 Å². The van der Waals surface area contributed by atoms with Crippen molar-refractivity contribution in [2.75, 3.05) is 40.3 Å². The van der Waals surface area contributed by atoms with Gasteiger partial charge in [0.05, 0.1) is 0 Å². The summed E-state index contributed by atoms with van der Waals surface area (Å²) in [5.41, 5.74) is 0. The van der Waals surface area contributed by atoms with E-state index in [0.717, 1.165) is 57.8 Å². The highest BCUT2D eigenvalue weighted by Crippen LogP contribution is 2.21. The predicted octanol–water partition coefficient (Wildman–Crippen LogP) is 2.72. The molecule has 1 atom stereocenters. The molecule has 0 bridgehead atoms. The van der Waals surface area contributed by atoms with E-state index in [0.29, 0.717) is 5.92 Å². The second-order valence-corrected chi connectivity index (χ2v) is 6.86. The van der Waals surface area contributed by atoms with Crippen molar-refractivity contribution in [1.82, 2.24) is 15.1 Å². The lowest BCUT2D eigenvalue weighted by atomic mass is 9.93. The van der Waals surface area contributed by atoms with E-state index in [1.165, 1.54) is 12.8 Å².